The van der Waals surface area contributed by atoms with Crippen LogP contribution in [-0.2, 0) is 19.1 Å². The van der Waals surface area contributed by atoms with Gasteiger partial charge in [-0.25, -0.2) is 19.6 Å². The molecular weight excluding hydrogens is 799 g/mol. The minimum atomic E-state index is -1.00. The Morgan fingerprint density at radius 3 is 1.97 bits per heavy atom. The van der Waals surface area contributed by atoms with Gasteiger partial charge < -0.3 is 39.9 Å². The highest BCUT2D eigenvalue weighted by molar-refractivity contribution is 5.91. The summed E-state index contributed by atoms with van der Waals surface area (Å²) in [7, 11) is 2.53. The van der Waals surface area contributed by atoms with E-state index < -0.39 is 36.2 Å². The summed E-state index contributed by atoms with van der Waals surface area (Å²) >= 11 is 0. The summed E-state index contributed by atoms with van der Waals surface area (Å²) < 4.78 is 9.59. The number of rotatable bonds is 11. The molecule has 5 atom stereocenters. The standard InChI is InChI=1S/C48H49N9O6/c1-28(2)41(54-47(60)62-3)45(58)56-20-8-11-39(56)43-50-25-37(52-43)31-14-12-30(13-15-31)33-16-17-35-23-36(19-18-34(35)22-33)38-26-51-44(53-38)40-21-29(24-49)27-57(40)46(59)42(55-48(61)63-4)32-9-6-5-7-10-32/h5-7,9-10,12-19,22-23,25-26,28-29,39-42H,8,11,20-21,27H2,1-4H3,(H,50,52)(H,51,53)(H,54,60)(H,55,61)/t29-,39+,40+,41+,42?/m1/s1. The number of hydrogen-bond acceptors (Lipinski definition) is 9. The van der Waals surface area contributed by atoms with Gasteiger partial charge in [0.05, 0.1) is 62.1 Å². The monoisotopic (exact) mass is 847 g/mol. The highest BCUT2D eigenvalue weighted by Gasteiger charge is 2.42. The molecule has 1 unspecified atom stereocenters. The molecule has 4 N–H and O–H groups in total. The molecule has 2 aliphatic rings. The van der Waals surface area contributed by atoms with Gasteiger partial charge in [-0.1, -0.05) is 92.7 Å². The van der Waals surface area contributed by atoms with E-state index in [2.05, 4.69) is 86.3 Å². The highest BCUT2D eigenvalue weighted by atomic mass is 16.5. The molecule has 4 heterocycles. The Bertz CT molecular complexity index is 2670. The molecule has 2 saturated heterocycles. The average molecular weight is 848 g/mol. The largest absolute Gasteiger partial charge is 0.453 e. The zero-order valence-electron chi connectivity index (χ0n) is 35.5. The second-order valence-electron chi connectivity index (χ2n) is 16.3. The first-order chi connectivity index (χ1) is 30.5. The minimum Gasteiger partial charge on any atom is -0.453 e. The van der Waals surface area contributed by atoms with E-state index >= 15 is 0 Å². The van der Waals surface area contributed by atoms with Crippen LogP contribution in [0.4, 0.5) is 9.59 Å². The van der Waals surface area contributed by atoms with Crippen molar-refractivity contribution in [2.45, 2.75) is 57.3 Å². The first-order valence-electron chi connectivity index (χ1n) is 21.0. The molecule has 2 aliphatic heterocycles. The van der Waals surface area contributed by atoms with Gasteiger partial charge in [0.15, 0.2) is 0 Å². The van der Waals surface area contributed by atoms with Crippen molar-refractivity contribution in [2.75, 3.05) is 27.3 Å². The Labute approximate surface area is 364 Å². The Balaban J connectivity index is 0.960. The fourth-order valence-corrected chi connectivity index (χ4v) is 8.64. The lowest BCUT2D eigenvalue weighted by Crippen LogP contribution is -2.51. The predicted octanol–water partition coefficient (Wildman–Crippen LogP) is 7.84. The van der Waals surface area contributed by atoms with Crippen LogP contribution in [0.2, 0.25) is 0 Å². The molecule has 6 aromatic rings. The molecule has 322 valence electrons. The van der Waals surface area contributed by atoms with Crippen LogP contribution in [0.3, 0.4) is 0 Å². The number of ether oxygens (including phenoxy) is 2. The lowest BCUT2D eigenvalue weighted by Gasteiger charge is -2.30. The summed E-state index contributed by atoms with van der Waals surface area (Å²) in [6, 6.07) is 29.6. The van der Waals surface area contributed by atoms with Gasteiger partial charge in [-0.3, -0.25) is 9.59 Å². The van der Waals surface area contributed by atoms with Gasteiger partial charge in [0.1, 0.15) is 23.7 Å². The van der Waals surface area contributed by atoms with E-state index in [4.69, 9.17) is 14.5 Å². The topological polar surface area (TPSA) is 198 Å². The molecule has 0 radical (unpaired) electrons. The van der Waals surface area contributed by atoms with Gasteiger partial charge in [0, 0.05) is 18.7 Å². The Kier molecular flexibility index (Phi) is 12.2. The first-order valence-corrected chi connectivity index (χ1v) is 21.0. The fraction of sp³-hybridized carbons (Fsp3) is 0.312. The normalized spacial score (nSPS) is 18.2. The van der Waals surface area contributed by atoms with Crippen LogP contribution in [0.25, 0.3) is 44.4 Å². The Morgan fingerprint density at radius 1 is 0.730 bits per heavy atom. The number of methoxy groups -OCH3 is 2. The van der Waals surface area contributed by atoms with E-state index in [1.165, 1.54) is 14.2 Å². The van der Waals surface area contributed by atoms with Gasteiger partial charge >= 0.3 is 12.2 Å². The Hall–Kier alpha value is -7.47. The number of imidazole rings is 2. The van der Waals surface area contributed by atoms with Crippen molar-refractivity contribution >= 4 is 34.8 Å². The maximum Gasteiger partial charge on any atom is 0.407 e. The summed E-state index contributed by atoms with van der Waals surface area (Å²) in [5, 5.41) is 17.3. The molecule has 0 spiro atoms. The van der Waals surface area contributed by atoms with Crippen molar-refractivity contribution in [3.63, 3.8) is 0 Å². The van der Waals surface area contributed by atoms with Crippen LogP contribution < -0.4 is 10.6 Å². The summed E-state index contributed by atoms with van der Waals surface area (Å²) in [5.74, 6) is 0.256. The number of nitriles is 1. The maximum absolute atomic E-state index is 14.1. The van der Waals surface area contributed by atoms with Gasteiger partial charge in [0.25, 0.3) is 5.91 Å². The lowest BCUT2D eigenvalue weighted by molar-refractivity contribution is -0.136. The van der Waals surface area contributed by atoms with Crippen molar-refractivity contribution in [2.24, 2.45) is 11.8 Å². The number of alkyl carbamates (subject to hydrolysis) is 2. The van der Waals surface area contributed by atoms with Crippen molar-refractivity contribution in [3.8, 4) is 39.7 Å². The molecule has 0 bridgehead atoms. The van der Waals surface area contributed by atoms with E-state index in [1.54, 1.807) is 46.5 Å². The van der Waals surface area contributed by atoms with Crippen LogP contribution in [-0.4, -0.2) is 87.1 Å². The number of aromatic amines is 2. The summed E-state index contributed by atoms with van der Waals surface area (Å²) in [6.45, 7) is 4.58. The van der Waals surface area contributed by atoms with Gasteiger partial charge in [-0.05, 0) is 70.3 Å². The summed E-state index contributed by atoms with van der Waals surface area (Å²) in [6.07, 6.45) is 4.19. The van der Waals surface area contributed by atoms with Crippen LogP contribution in [0.5, 0.6) is 0 Å². The number of hydrogen-bond donors (Lipinski definition) is 4. The number of carbonyl (C=O) groups excluding carboxylic acids is 4. The molecule has 63 heavy (non-hydrogen) atoms. The zero-order chi connectivity index (χ0) is 44.2. The summed E-state index contributed by atoms with van der Waals surface area (Å²) in [4.78, 5) is 71.6. The number of likely N-dealkylation sites (tertiary alicyclic amines) is 2. The molecule has 15 heteroatoms. The number of amides is 4. The van der Waals surface area contributed by atoms with Crippen molar-refractivity contribution < 1.29 is 28.7 Å². The van der Waals surface area contributed by atoms with Gasteiger partial charge in [0.2, 0.25) is 5.91 Å². The molecule has 0 saturated carbocycles. The number of carbonyl (C=O) groups is 4. The van der Waals surface area contributed by atoms with E-state index in [1.807, 2.05) is 26.0 Å². The fourth-order valence-electron chi connectivity index (χ4n) is 8.64. The first kappa shape index (κ1) is 42.2. The number of aromatic nitrogens is 4. The molecule has 15 nitrogen and oxygen atoms in total. The predicted molar refractivity (Wildman–Crippen MR) is 235 cm³/mol. The van der Waals surface area contributed by atoms with Crippen molar-refractivity contribution in [1.82, 2.24) is 40.4 Å². The van der Waals surface area contributed by atoms with Crippen molar-refractivity contribution in [1.29, 1.82) is 5.26 Å². The lowest BCUT2D eigenvalue weighted by atomic mass is 9.98. The number of benzene rings is 4. The Morgan fingerprint density at radius 2 is 1.32 bits per heavy atom. The van der Waals surface area contributed by atoms with E-state index in [0.29, 0.717) is 30.2 Å². The van der Waals surface area contributed by atoms with E-state index in [0.717, 1.165) is 57.3 Å². The number of nitrogens with zero attached hydrogens (tertiary/aromatic N) is 5. The van der Waals surface area contributed by atoms with Crippen LogP contribution >= 0.6 is 0 Å². The molecule has 8 rings (SSSR count). The second-order valence-corrected chi connectivity index (χ2v) is 16.3. The molecule has 4 aromatic carbocycles. The summed E-state index contributed by atoms with van der Waals surface area (Å²) in [5.41, 5.74) is 6.22. The molecule has 2 aromatic heterocycles. The van der Waals surface area contributed by atoms with Crippen LogP contribution in [0.15, 0.2) is 103 Å². The van der Waals surface area contributed by atoms with Crippen LogP contribution in [0.1, 0.15) is 68.4 Å². The molecular formula is C48H49N9O6. The SMILES string of the molecule is COC(=O)NC(C(=O)N1C[C@@H](C#N)C[C@H]1c1ncc(-c2ccc3cc(-c4ccc(-c5cnc([C@@H]6CCCN6C(=O)[C@@H](NC(=O)OC)C(C)C)[nH]5)cc4)ccc3c2)[nH]1)c1ccccc1. The van der Waals surface area contributed by atoms with Crippen LogP contribution in [0, 0.1) is 23.2 Å². The minimum absolute atomic E-state index is 0.115. The third kappa shape index (κ3) is 8.83. The van der Waals surface area contributed by atoms with E-state index in [-0.39, 0.29) is 30.3 Å². The number of nitrogens with one attached hydrogen (secondary N) is 4. The number of fused-ring (bicyclic) bond motifs is 1. The third-order valence-corrected chi connectivity index (χ3v) is 12.0. The average Bonchev–Trinajstić information content (AvgIpc) is 4.16. The van der Waals surface area contributed by atoms with Gasteiger partial charge in [-0.2, -0.15) is 5.26 Å². The zero-order valence-corrected chi connectivity index (χ0v) is 35.5. The molecule has 0 aliphatic carbocycles. The molecule has 4 amide bonds. The van der Waals surface area contributed by atoms with Gasteiger partial charge in [-0.15, -0.1) is 0 Å². The third-order valence-electron chi connectivity index (χ3n) is 12.0. The molecule has 2 fully saturated rings. The second kappa shape index (κ2) is 18.3. The smallest absolute Gasteiger partial charge is 0.407 e. The quantitative estimate of drug-likeness (QED) is 0.100. The number of H-pyrrole nitrogens is 2. The maximum atomic E-state index is 14.1. The highest BCUT2D eigenvalue weighted by Crippen LogP contribution is 2.38. The van der Waals surface area contributed by atoms with E-state index in [9.17, 15) is 24.4 Å². The van der Waals surface area contributed by atoms with Crippen molar-refractivity contribution in [3.05, 3.63) is 121 Å².